The predicted molar refractivity (Wildman–Crippen MR) is 93.8 cm³/mol. The van der Waals surface area contributed by atoms with Gasteiger partial charge in [0.2, 0.25) is 0 Å². The van der Waals surface area contributed by atoms with Crippen LogP contribution < -0.4 is 5.32 Å². The second kappa shape index (κ2) is 8.40. The number of amides is 1. The SMILES string of the molecule is C[C@@H](OC(=O)/C=C/c1cccc(Br)c1)C(=O)Nc1cccc(F)c1. The molecule has 2 aromatic rings. The zero-order valence-corrected chi connectivity index (χ0v) is 14.4. The van der Waals surface area contributed by atoms with E-state index in [0.29, 0.717) is 5.69 Å². The normalized spacial score (nSPS) is 12.0. The number of carbonyl (C=O) groups excluding carboxylic acids is 2. The van der Waals surface area contributed by atoms with Gasteiger partial charge in [0, 0.05) is 16.2 Å². The smallest absolute Gasteiger partial charge is 0.331 e. The number of anilines is 1. The summed E-state index contributed by atoms with van der Waals surface area (Å²) in [6.07, 6.45) is 1.82. The summed E-state index contributed by atoms with van der Waals surface area (Å²) in [6, 6.07) is 12.8. The van der Waals surface area contributed by atoms with Crippen molar-refractivity contribution in [3.63, 3.8) is 0 Å². The van der Waals surface area contributed by atoms with Crippen molar-refractivity contribution < 1.29 is 18.7 Å². The molecular formula is C18H15BrFNO3. The van der Waals surface area contributed by atoms with E-state index in [2.05, 4.69) is 21.2 Å². The van der Waals surface area contributed by atoms with E-state index >= 15 is 0 Å². The minimum absolute atomic E-state index is 0.299. The molecule has 0 fully saturated rings. The molecule has 1 N–H and O–H groups in total. The number of halogens is 2. The number of ether oxygens (including phenoxy) is 1. The Morgan fingerprint density at radius 1 is 1.21 bits per heavy atom. The minimum atomic E-state index is -1.01. The average molecular weight is 392 g/mol. The fraction of sp³-hybridized carbons (Fsp3) is 0.111. The summed E-state index contributed by atoms with van der Waals surface area (Å²) >= 11 is 3.34. The van der Waals surface area contributed by atoms with Crippen LogP contribution in [0.4, 0.5) is 10.1 Å². The maximum atomic E-state index is 13.1. The van der Waals surface area contributed by atoms with Gasteiger partial charge in [0.25, 0.3) is 5.91 Å². The fourth-order valence-electron chi connectivity index (χ4n) is 1.85. The van der Waals surface area contributed by atoms with Crippen molar-refractivity contribution in [1.82, 2.24) is 0 Å². The second-order valence-electron chi connectivity index (χ2n) is 4.97. The molecule has 124 valence electrons. The van der Waals surface area contributed by atoms with E-state index in [1.54, 1.807) is 12.1 Å². The van der Waals surface area contributed by atoms with Crippen molar-refractivity contribution >= 4 is 39.6 Å². The summed E-state index contributed by atoms with van der Waals surface area (Å²) in [6.45, 7) is 1.44. The Hall–Kier alpha value is -2.47. The van der Waals surface area contributed by atoms with Gasteiger partial charge in [0.15, 0.2) is 6.10 Å². The molecule has 0 saturated carbocycles. The number of hydrogen-bond donors (Lipinski definition) is 1. The highest BCUT2D eigenvalue weighted by Crippen LogP contribution is 2.13. The number of nitrogens with one attached hydrogen (secondary N) is 1. The van der Waals surface area contributed by atoms with Crippen molar-refractivity contribution in [3.8, 4) is 0 Å². The Kier molecular flexibility index (Phi) is 6.26. The van der Waals surface area contributed by atoms with Crippen LogP contribution in [0.2, 0.25) is 0 Å². The van der Waals surface area contributed by atoms with Crippen molar-refractivity contribution in [2.75, 3.05) is 5.32 Å². The van der Waals surface area contributed by atoms with Gasteiger partial charge in [-0.05, 0) is 48.9 Å². The lowest BCUT2D eigenvalue weighted by molar-refractivity contribution is -0.148. The van der Waals surface area contributed by atoms with Crippen LogP contribution in [0, 0.1) is 5.82 Å². The predicted octanol–water partition coefficient (Wildman–Crippen LogP) is 4.17. The van der Waals surface area contributed by atoms with Gasteiger partial charge in [0.1, 0.15) is 5.82 Å². The van der Waals surface area contributed by atoms with Gasteiger partial charge in [-0.25, -0.2) is 9.18 Å². The van der Waals surface area contributed by atoms with E-state index < -0.39 is 23.8 Å². The molecule has 0 aliphatic heterocycles. The molecule has 0 radical (unpaired) electrons. The van der Waals surface area contributed by atoms with Crippen LogP contribution in [0.3, 0.4) is 0 Å². The molecular weight excluding hydrogens is 377 g/mol. The van der Waals surface area contributed by atoms with E-state index in [9.17, 15) is 14.0 Å². The van der Waals surface area contributed by atoms with Crippen LogP contribution >= 0.6 is 15.9 Å². The lowest BCUT2D eigenvalue weighted by Gasteiger charge is -2.12. The molecule has 0 aromatic heterocycles. The van der Waals surface area contributed by atoms with Gasteiger partial charge >= 0.3 is 5.97 Å². The number of carbonyl (C=O) groups is 2. The Morgan fingerprint density at radius 3 is 2.67 bits per heavy atom. The molecule has 0 bridgehead atoms. The van der Waals surface area contributed by atoms with E-state index in [1.165, 1.54) is 31.2 Å². The number of hydrogen-bond acceptors (Lipinski definition) is 3. The van der Waals surface area contributed by atoms with Gasteiger partial charge in [0.05, 0.1) is 0 Å². The molecule has 0 unspecified atom stereocenters. The Morgan fingerprint density at radius 2 is 1.96 bits per heavy atom. The van der Waals surface area contributed by atoms with Crippen LogP contribution in [0.15, 0.2) is 59.1 Å². The van der Waals surface area contributed by atoms with Crippen LogP contribution in [0.5, 0.6) is 0 Å². The Bertz CT molecular complexity index is 776. The minimum Gasteiger partial charge on any atom is -0.449 e. The van der Waals surface area contributed by atoms with Gasteiger partial charge in [-0.1, -0.05) is 34.1 Å². The quantitative estimate of drug-likeness (QED) is 0.614. The molecule has 1 amide bonds. The van der Waals surface area contributed by atoms with Crippen molar-refractivity contribution in [2.24, 2.45) is 0 Å². The van der Waals surface area contributed by atoms with Crippen molar-refractivity contribution in [3.05, 3.63) is 70.5 Å². The summed E-state index contributed by atoms with van der Waals surface area (Å²) in [4.78, 5) is 23.7. The van der Waals surface area contributed by atoms with E-state index in [1.807, 2.05) is 24.3 Å². The first kappa shape index (κ1) is 17.9. The molecule has 0 spiro atoms. The zero-order valence-electron chi connectivity index (χ0n) is 12.8. The number of benzene rings is 2. The maximum Gasteiger partial charge on any atom is 0.331 e. The highest BCUT2D eigenvalue weighted by Gasteiger charge is 2.16. The van der Waals surface area contributed by atoms with Crippen LogP contribution in [0.25, 0.3) is 6.08 Å². The largest absolute Gasteiger partial charge is 0.449 e. The molecule has 0 saturated heterocycles. The zero-order chi connectivity index (χ0) is 17.5. The highest BCUT2D eigenvalue weighted by atomic mass is 79.9. The van der Waals surface area contributed by atoms with Crippen LogP contribution in [-0.2, 0) is 14.3 Å². The number of esters is 1. The van der Waals surface area contributed by atoms with Gasteiger partial charge in [-0.2, -0.15) is 0 Å². The van der Waals surface area contributed by atoms with E-state index in [4.69, 9.17) is 4.74 Å². The fourth-order valence-corrected chi connectivity index (χ4v) is 2.27. The third-order valence-corrected chi connectivity index (χ3v) is 3.51. The maximum absolute atomic E-state index is 13.1. The molecule has 1 atom stereocenters. The monoisotopic (exact) mass is 391 g/mol. The second-order valence-corrected chi connectivity index (χ2v) is 5.88. The summed E-state index contributed by atoms with van der Waals surface area (Å²) in [7, 11) is 0. The Labute approximate surface area is 147 Å². The Balaban J connectivity index is 1.89. The lowest BCUT2D eigenvalue weighted by atomic mass is 10.2. The first-order valence-electron chi connectivity index (χ1n) is 7.15. The third-order valence-electron chi connectivity index (χ3n) is 3.01. The van der Waals surface area contributed by atoms with Crippen LogP contribution in [0.1, 0.15) is 12.5 Å². The summed E-state index contributed by atoms with van der Waals surface area (Å²) in [5, 5.41) is 2.48. The van der Waals surface area contributed by atoms with Crippen molar-refractivity contribution in [1.29, 1.82) is 0 Å². The summed E-state index contributed by atoms with van der Waals surface area (Å²) in [5.74, 6) is -1.64. The molecule has 2 aromatic carbocycles. The van der Waals surface area contributed by atoms with E-state index in [0.717, 1.165) is 10.0 Å². The number of rotatable bonds is 5. The molecule has 4 nitrogen and oxygen atoms in total. The molecule has 0 aliphatic carbocycles. The molecule has 0 heterocycles. The topological polar surface area (TPSA) is 55.4 Å². The van der Waals surface area contributed by atoms with Gasteiger partial charge < -0.3 is 10.1 Å². The molecule has 24 heavy (non-hydrogen) atoms. The van der Waals surface area contributed by atoms with Gasteiger partial charge in [-0.3, -0.25) is 4.79 Å². The standard InChI is InChI=1S/C18H15BrFNO3/c1-12(18(23)21-16-7-3-6-15(20)11-16)24-17(22)9-8-13-4-2-5-14(19)10-13/h2-12H,1H3,(H,21,23)/b9-8+/t12-/m1/s1. The first-order chi connectivity index (χ1) is 11.4. The molecule has 0 aliphatic rings. The lowest BCUT2D eigenvalue weighted by Crippen LogP contribution is -2.29. The summed E-state index contributed by atoms with van der Waals surface area (Å²) < 4.78 is 19.0. The first-order valence-corrected chi connectivity index (χ1v) is 7.94. The van der Waals surface area contributed by atoms with Crippen molar-refractivity contribution in [2.45, 2.75) is 13.0 Å². The van der Waals surface area contributed by atoms with Gasteiger partial charge in [-0.15, -0.1) is 0 Å². The highest BCUT2D eigenvalue weighted by molar-refractivity contribution is 9.10. The van der Waals surface area contributed by atoms with E-state index in [-0.39, 0.29) is 0 Å². The molecule has 6 heteroatoms. The average Bonchev–Trinajstić information content (AvgIpc) is 2.53. The summed E-state index contributed by atoms with van der Waals surface area (Å²) in [5.41, 5.74) is 1.12. The van der Waals surface area contributed by atoms with Crippen LogP contribution in [-0.4, -0.2) is 18.0 Å². The molecule has 2 rings (SSSR count). The third kappa shape index (κ3) is 5.62.